The van der Waals surface area contributed by atoms with Crippen molar-refractivity contribution in [3.05, 3.63) is 0 Å². The second-order valence-electron chi connectivity index (χ2n) is 4.95. The maximum atomic E-state index is 11.8. The van der Waals surface area contributed by atoms with Gasteiger partial charge in [-0.3, -0.25) is 4.79 Å². The molecule has 5 N–H and O–H groups in total. The van der Waals surface area contributed by atoms with Crippen LogP contribution in [0.25, 0.3) is 0 Å². The summed E-state index contributed by atoms with van der Waals surface area (Å²) in [6, 6.07) is -0.555. The highest BCUT2D eigenvalue weighted by Gasteiger charge is 2.57. The number of nitrogens with one attached hydrogen (secondary N) is 3. The lowest BCUT2D eigenvalue weighted by molar-refractivity contribution is -0.123. The van der Waals surface area contributed by atoms with Crippen LogP contribution in [0.2, 0.25) is 0 Å². The Morgan fingerprint density at radius 3 is 2.53 bits per heavy atom. The molecule has 1 atom stereocenters. The van der Waals surface area contributed by atoms with Gasteiger partial charge in [0.15, 0.2) is 0 Å². The van der Waals surface area contributed by atoms with Crippen LogP contribution in [-0.4, -0.2) is 38.1 Å². The first-order valence-electron chi connectivity index (χ1n) is 6.16. The number of urea groups is 1. The minimum atomic E-state index is -0.555. The number of hydrogen-bond donors (Lipinski definition) is 4. The molecule has 2 fully saturated rings. The van der Waals surface area contributed by atoms with E-state index in [1.165, 1.54) is 0 Å². The van der Waals surface area contributed by atoms with Crippen molar-refractivity contribution < 1.29 is 9.59 Å². The number of carbonyl (C=O) groups is 2. The van der Waals surface area contributed by atoms with Crippen LogP contribution in [0.4, 0.5) is 4.79 Å². The highest BCUT2D eigenvalue weighted by Crippen LogP contribution is 2.58. The van der Waals surface area contributed by atoms with Gasteiger partial charge in [-0.05, 0) is 37.8 Å². The van der Waals surface area contributed by atoms with Gasteiger partial charge in [-0.1, -0.05) is 0 Å². The molecule has 17 heavy (non-hydrogen) atoms. The van der Waals surface area contributed by atoms with Gasteiger partial charge in [0.1, 0.15) is 0 Å². The van der Waals surface area contributed by atoms with E-state index >= 15 is 0 Å². The normalized spacial score (nSPS) is 25.3. The standard InChI is InChI=1S/C11H20N4O2/c12-10(17)15-6-5-14-9(16)8-7-11(8)1-3-13-4-2-11/h8,13H,1-7H2,(H,14,16)(H3,12,15,17). The zero-order valence-corrected chi connectivity index (χ0v) is 9.92. The van der Waals surface area contributed by atoms with E-state index in [-0.39, 0.29) is 17.2 Å². The molecule has 3 amide bonds. The van der Waals surface area contributed by atoms with E-state index in [2.05, 4.69) is 16.0 Å². The first kappa shape index (κ1) is 12.2. The van der Waals surface area contributed by atoms with Crippen molar-refractivity contribution in [2.24, 2.45) is 17.1 Å². The number of carbonyl (C=O) groups excluding carboxylic acids is 2. The molecule has 1 aliphatic heterocycles. The Kier molecular flexibility index (Phi) is 3.51. The Bertz CT molecular complexity index is 313. The van der Waals surface area contributed by atoms with E-state index in [1.54, 1.807) is 0 Å². The number of piperidine rings is 1. The van der Waals surface area contributed by atoms with Gasteiger partial charge in [-0.25, -0.2) is 4.79 Å². The molecule has 6 heteroatoms. The first-order chi connectivity index (χ1) is 8.14. The Labute approximate surface area is 101 Å². The second-order valence-corrected chi connectivity index (χ2v) is 4.95. The van der Waals surface area contributed by atoms with Gasteiger partial charge in [0.05, 0.1) is 0 Å². The predicted molar refractivity (Wildman–Crippen MR) is 63.2 cm³/mol. The van der Waals surface area contributed by atoms with Crippen LogP contribution in [0.5, 0.6) is 0 Å². The van der Waals surface area contributed by atoms with E-state index in [0.29, 0.717) is 13.1 Å². The Morgan fingerprint density at radius 2 is 1.88 bits per heavy atom. The molecule has 0 bridgehead atoms. The average molecular weight is 240 g/mol. The molecular weight excluding hydrogens is 220 g/mol. The quantitative estimate of drug-likeness (QED) is 0.482. The largest absolute Gasteiger partial charge is 0.354 e. The van der Waals surface area contributed by atoms with Gasteiger partial charge in [0.25, 0.3) is 0 Å². The summed E-state index contributed by atoms with van der Waals surface area (Å²) in [5.74, 6) is 0.302. The van der Waals surface area contributed by atoms with Crippen molar-refractivity contribution in [1.29, 1.82) is 0 Å². The summed E-state index contributed by atoms with van der Waals surface area (Å²) in [7, 11) is 0. The molecule has 0 radical (unpaired) electrons. The van der Waals surface area contributed by atoms with Gasteiger partial charge < -0.3 is 21.7 Å². The molecule has 1 saturated carbocycles. The number of nitrogens with two attached hydrogens (primary N) is 1. The third kappa shape index (κ3) is 2.88. The highest BCUT2D eigenvalue weighted by molar-refractivity contribution is 5.82. The number of amides is 3. The van der Waals surface area contributed by atoms with Crippen molar-refractivity contribution in [1.82, 2.24) is 16.0 Å². The summed E-state index contributed by atoms with van der Waals surface area (Å²) in [5.41, 5.74) is 5.19. The zero-order chi connectivity index (χ0) is 12.3. The Balaban J connectivity index is 1.66. The van der Waals surface area contributed by atoms with E-state index < -0.39 is 6.03 Å². The fourth-order valence-corrected chi connectivity index (χ4v) is 2.69. The summed E-state index contributed by atoms with van der Waals surface area (Å²) >= 11 is 0. The summed E-state index contributed by atoms with van der Waals surface area (Å²) in [6.07, 6.45) is 3.22. The summed E-state index contributed by atoms with van der Waals surface area (Å²) in [4.78, 5) is 22.3. The maximum absolute atomic E-state index is 11.8. The van der Waals surface area contributed by atoms with Crippen molar-refractivity contribution in [3.63, 3.8) is 0 Å². The zero-order valence-electron chi connectivity index (χ0n) is 9.92. The fraction of sp³-hybridized carbons (Fsp3) is 0.818. The molecule has 6 nitrogen and oxygen atoms in total. The molecule has 1 spiro atoms. The molecule has 0 aromatic heterocycles. The molecular formula is C11H20N4O2. The lowest BCUT2D eigenvalue weighted by Crippen LogP contribution is -2.39. The Hall–Kier alpha value is -1.30. The molecule has 1 unspecified atom stereocenters. The van der Waals surface area contributed by atoms with E-state index in [0.717, 1.165) is 32.4 Å². The van der Waals surface area contributed by atoms with Gasteiger partial charge in [0, 0.05) is 19.0 Å². The molecule has 1 saturated heterocycles. The summed E-state index contributed by atoms with van der Waals surface area (Å²) in [6.45, 7) is 2.88. The number of primary amides is 1. The van der Waals surface area contributed by atoms with Gasteiger partial charge in [-0.2, -0.15) is 0 Å². The second kappa shape index (κ2) is 4.91. The molecule has 0 aromatic carbocycles. The van der Waals surface area contributed by atoms with Crippen LogP contribution in [-0.2, 0) is 4.79 Å². The molecule has 2 aliphatic rings. The summed E-state index contributed by atoms with van der Waals surface area (Å²) in [5, 5.41) is 8.60. The van der Waals surface area contributed by atoms with Gasteiger partial charge in [-0.15, -0.1) is 0 Å². The van der Waals surface area contributed by atoms with Crippen LogP contribution in [0.3, 0.4) is 0 Å². The smallest absolute Gasteiger partial charge is 0.312 e. The van der Waals surface area contributed by atoms with Gasteiger partial charge in [0.2, 0.25) is 5.91 Å². The van der Waals surface area contributed by atoms with E-state index in [4.69, 9.17) is 5.73 Å². The third-order valence-corrected chi connectivity index (χ3v) is 3.83. The lowest BCUT2D eigenvalue weighted by atomic mass is 9.92. The SMILES string of the molecule is NC(=O)NCCNC(=O)C1CC12CCNCC2. The molecule has 96 valence electrons. The van der Waals surface area contributed by atoms with Crippen molar-refractivity contribution >= 4 is 11.9 Å². The minimum Gasteiger partial charge on any atom is -0.354 e. The topological polar surface area (TPSA) is 96.2 Å². The third-order valence-electron chi connectivity index (χ3n) is 3.83. The highest BCUT2D eigenvalue weighted by atomic mass is 16.2. The first-order valence-corrected chi connectivity index (χ1v) is 6.16. The monoisotopic (exact) mass is 240 g/mol. The van der Waals surface area contributed by atoms with E-state index in [1.807, 2.05) is 0 Å². The predicted octanol–water partition coefficient (Wildman–Crippen LogP) is -0.839. The van der Waals surface area contributed by atoms with Crippen LogP contribution in [0, 0.1) is 11.3 Å². The van der Waals surface area contributed by atoms with Crippen molar-refractivity contribution in [2.75, 3.05) is 26.2 Å². The van der Waals surface area contributed by atoms with Crippen LogP contribution in [0.15, 0.2) is 0 Å². The Morgan fingerprint density at radius 1 is 1.24 bits per heavy atom. The van der Waals surface area contributed by atoms with Crippen LogP contribution >= 0.6 is 0 Å². The molecule has 1 heterocycles. The maximum Gasteiger partial charge on any atom is 0.312 e. The van der Waals surface area contributed by atoms with Crippen molar-refractivity contribution in [3.8, 4) is 0 Å². The van der Waals surface area contributed by atoms with Crippen molar-refractivity contribution in [2.45, 2.75) is 19.3 Å². The molecule has 2 rings (SSSR count). The summed E-state index contributed by atoms with van der Waals surface area (Å²) < 4.78 is 0. The average Bonchev–Trinajstić information content (AvgIpc) is 2.99. The number of rotatable bonds is 4. The lowest BCUT2D eigenvalue weighted by Gasteiger charge is -2.23. The van der Waals surface area contributed by atoms with E-state index in [9.17, 15) is 9.59 Å². The fourth-order valence-electron chi connectivity index (χ4n) is 2.69. The van der Waals surface area contributed by atoms with Crippen LogP contribution < -0.4 is 21.7 Å². The number of hydrogen-bond acceptors (Lipinski definition) is 3. The molecule has 1 aliphatic carbocycles. The minimum absolute atomic E-state index is 0.123. The van der Waals surface area contributed by atoms with Crippen LogP contribution in [0.1, 0.15) is 19.3 Å². The molecule has 0 aromatic rings. The van der Waals surface area contributed by atoms with Gasteiger partial charge >= 0.3 is 6.03 Å².